The second-order valence-corrected chi connectivity index (χ2v) is 6.90. The maximum Gasteiger partial charge on any atom is 0.191 e. The van der Waals surface area contributed by atoms with E-state index in [2.05, 4.69) is 52.8 Å². The molecule has 0 saturated heterocycles. The van der Waals surface area contributed by atoms with Crippen LogP contribution in [0.1, 0.15) is 37.3 Å². The lowest BCUT2D eigenvalue weighted by molar-refractivity contribution is 0.295. The highest BCUT2D eigenvalue weighted by Gasteiger charge is 2.13. The summed E-state index contributed by atoms with van der Waals surface area (Å²) < 4.78 is 0. The maximum absolute atomic E-state index is 5.93. The van der Waals surface area contributed by atoms with Crippen LogP contribution < -0.4 is 5.73 Å². The van der Waals surface area contributed by atoms with Gasteiger partial charge in [0, 0.05) is 18.8 Å². The van der Waals surface area contributed by atoms with E-state index in [9.17, 15) is 0 Å². The molecule has 0 amide bonds. The van der Waals surface area contributed by atoms with Gasteiger partial charge < -0.3 is 5.73 Å². The zero-order valence-corrected chi connectivity index (χ0v) is 15.2. The van der Waals surface area contributed by atoms with Crippen molar-refractivity contribution in [1.29, 1.82) is 0 Å². The Kier molecular flexibility index (Phi) is 6.62. The molecule has 0 bridgehead atoms. The third kappa shape index (κ3) is 5.34. The maximum atomic E-state index is 5.93. The predicted molar refractivity (Wildman–Crippen MR) is 96.6 cm³/mol. The lowest BCUT2D eigenvalue weighted by Gasteiger charge is -2.19. The number of nitrogens with zero attached hydrogens (tertiary/aromatic N) is 4. The first-order chi connectivity index (χ1) is 11.0. The third-order valence-corrected chi connectivity index (χ3v) is 4.72. The van der Waals surface area contributed by atoms with E-state index in [0.29, 0.717) is 16.1 Å². The topological polar surface area (TPSA) is 67.9 Å². The van der Waals surface area contributed by atoms with E-state index < -0.39 is 0 Å². The van der Waals surface area contributed by atoms with Gasteiger partial charge in [0.1, 0.15) is 11.0 Å². The van der Waals surface area contributed by atoms with Crippen molar-refractivity contribution < 1.29 is 0 Å². The van der Waals surface area contributed by atoms with Crippen LogP contribution in [0.15, 0.2) is 29.6 Å². The summed E-state index contributed by atoms with van der Waals surface area (Å²) in [5, 5.41) is 1.04. The number of anilines is 1. The molecule has 1 unspecified atom stereocenters. The van der Waals surface area contributed by atoms with Crippen LogP contribution in [0, 0.1) is 0 Å². The first-order valence-electron chi connectivity index (χ1n) is 7.65. The number of rotatable bonds is 7. The highest BCUT2D eigenvalue weighted by molar-refractivity contribution is 7.99. The monoisotopic (exact) mass is 351 g/mol. The fraction of sp³-hybridized carbons (Fsp3) is 0.438. The standard InChI is InChI=1S/C16H22ClN5S/c1-4-22(5-2)10-12-6-7-19-13(8-12)11(3)23-16-20-14(17)9-15(18)21-16/h6-9,11H,4-5,10H2,1-3H3,(H2,18,20,21). The zero-order valence-electron chi connectivity index (χ0n) is 13.7. The number of hydrogen-bond acceptors (Lipinski definition) is 6. The molecule has 2 aromatic heterocycles. The van der Waals surface area contributed by atoms with Gasteiger partial charge >= 0.3 is 0 Å². The molecule has 1 atom stereocenters. The number of aromatic nitrogens is 3. The second kappa shape index (κ2) is 8.47. The lowest BCUT2D eigenvalue weighted by Crippen LogP contribution is -2.22. The van der Waals surface area contributed by atoms with E-state index in [1.807, 2.05) is 6.20 Å². The van der Waals surface area contributed by atoms with Crippen LogP contribution in [-0.4, -0.2) is 32.9 Å². The van der Waals surface area contributed by atoms with Gasteiger partial charge in [0.15, 0.2) is 5.16 Å². The van der Waals surface area contributed by atoms with Gasteiger partial charge in [-0.25, -0.2) is 9.97 Å². The lowest BCUT2D eigenvalue weighted by atomic mass is 10.2. The quantitative estimate of drug-likeness (QED) is 0.465. The van der Waals surface area contributed by atoms with Crippen LogP contribution in [0.3, 0.4) is 0 Å². The summed E-state index contributed by atoms with van der Waals surface area (Å²) in [7, 11) is 0. The Hall–Kier alpha value is -1.37. The van der Waals surface area contributed by atoms with Crippen molar-refractivity contribution >= 4 is 29.2 Å². The van der Waals surface area contributed by atoms with Gasteiger partial charge in [-0.2, -0.15) is 0 Å². The number of nitrogens with two attached hydrogens (primary N) is 1. The Bertz CT molecular complexity index is 628. The smallest absolute Gasteiger partial charge is 0.191 e. The van der Waals surface area contributed by atoms with Crippen molar-refractivity contribution in [3.63, 3.8) is 0 Å². The normalized spacial score (nSPS) is 12.6. The Morgan fingerprint density at radius 3 is 2.65 bits per heavy atom. The van der Waals surface area contributed by atoms with Crippen LogP contribution >= 0.6 is 23.4 Å². The van der Waals surface area contributed by atoms with E-state index >= 15 is 0 Å². The summed E-state index contributed by atoms with van der Waals surface area (Å²) in [6.45, 7) is 9.42. The summed E-state index contributed by atoms with van der Waals surface area (Å²) in [6.07, 6.45) is 1.86. The Morgan fingerprint density at radius 2 is 2.00 bits per heavy atom. The molecular formula is C16H22ClN5S. The summed E-state index contributed by atoms with van der Waals surface area (Å²) >= 11 is 7.43. The number of halogens is 1. The average Bonchev–Trinajstić information content (AvgIpc) is 2.51. The molecule has 0 fully saturated rings. The number of nitrogen functional groups attached to an aromatic ring is 1. The van der Waals surface area contributed by atoms with Gasteiger partial charge in [-0.05, 0) is 37.7 Å². The summed E-state index contributed by atoms with van der Waals surface area (Å²) in [5.41, 5.74) is 7.98. The van der Waals surface area contributed by atoms with Crippen molar-refractivity contribution in [3.05, 3.63) is 40.8 Å². The Morgan fingerprint density at radius 1 is 1.26 bits per heavy atom. The highest BCUT2D eigenvalue weighted by atomic mass is 35.5. The first kappa shape index (κ1) is 18.0. The van der Waals surface area contributed by atoms with Gasteiger partial charge in [-0.1, -0.05) is 37.2 Å². The van der Waals surface area contributed by atoms with Crippen molar-refractivity contribution in [1.82, 2.24) is 19.9 Å². The number of hydrogen-bond donors (Lipinski definition) is 1. The van der Waals surface area contributed by atoms with Gasteiger partial charge in [0.05, 0.1) is 10.9 Å². The summed E-state index contributed by atoms with van der Waals surface area (Å²) in [5.74, 6) is 0.378. The molecule has 0 saturated carbocycles. The minimum absolute atomic E-state index is 0.115. The van der Waals surface area contributed by atoms with Crippen LogP contribution in [0.25, 0.3) is 0 Å². The van der Waals surface area contributed by atoms with Crippen LogP contribution in [-0.2, 0) is 6.54 Å². The molecular weight excluding hydrogens is 330 g/mol. The van der Waals surface area contributed by atoms with Gasteiger partial charge in [0.25, 0.3) is 0 Å². The molecule has 5 nitrogen and oxygen atoms in total. The fourth-order valence-corrected chi connectivity index (χ4v) is 3.32. The average molecular weight is 352 g/mol. The molecule has 0 aliphatic carbocycles. The molecule has 0 aliphatic rings. The molecule has 2 heterocycles. The minimum Gasteiger partial charge on any atom is -0.384 e. The van der Waals surface area contributed by atoms with Crippen molar-refractivity contribution in [3.8, 4) is 0 Å². The second-order valence-electron chi connectivity index (χ2n) is 5.21. The molecule has 0 spiro atoms. The predicted octanol–water partition coefficient (Wildman–Crippen LogP) is 3.80. The molecule has 23 heavy (non-hydrogen) atoms. The Balaban J connectivity index is 2.11. The number of thioether (sulfide) groups is 1. The SMILES string of the molecule is CCN(CC)Cc1ccnc(C(C)Sc2nc(N)cc(Cl)n2)c1. The molecule has 0 radical (unpaired) electrons. The van der Waals surface area contributed by atoms with E-state index in [0.717, 1.165) is 25.3 Å². The molecule has 7 heteroatoms. The van der Waals surface area contributed by atoms with Gasteiger partial charge in [0.2, 0.25) is 0 Å². The molecule has 124 valence electrons. The highest BCUT2D eigenvalue weighted by Crippen LogP contribution is 2.32. The third-order valence-electron chi connectivity index (χ3n) is 3.54. The fourth-order valence-electron chi connectivity index (χ4n) is 2.21. The molecule has 2 rings (SSSR count). The first-order valence-corrected chi connectivity index (χ1v) is 8.91. The van der Waals surface area contributed by atoms with Crippen LogP contribution in [0.2, 0.25) is 5.15 Å². The van der Waals surface area contributed by atoms with Crippen LogP contribution in [0.5, 0.6) is 0 Å². The van der Waals surface area contributed by atoms with Crippen LogP contribution in [0.4, 0.5) is 5.82 Å². The molecule has 0 aromatic carbocycles. The Labute approximate surface area is 146 Å². The van der Waals surface area contributed by atoms with Crippen molar-refractivity contribution in [2.45, 2.75) is 37.7 Å². The molecule has 2 aromatic rings. The van der Waals surface area contributed by atoms with E-state index in [1.165, 1.54) is 17.3 Å². The largest absolute Gasteiger partial charge is 0.384 e. The summed E-state index contributed by atoms with van der Waals surface area (Å²) in [4.78, 5) is 15.3. The van der Waals surface area contributed by atoms with E-state index in [1.54, 1.807) is 6.07 Å². The van der Waals surface area contributed by atoms with E-state index in [-0.39, 0.29) is 5.25 Å². The van der Waals surface area contributed by atoms with Crippen molar-refractivity contribution in [2.75, 3.05) is 18.8 Å². The molecule has 0 aliphatic heterocycles. The van der Waals surface area contributed by atoms with Gasteiger partial charge in [-0.3, -0.25) is 9.88 Å². The zero-order chi connectivity index (χ0) is 16.8. The van der Waals surface area contributed by atoms with Gasteiger partial charge in [-0.15, -0.1) is 0 Å². The minimum atomic E-state index is 0.115. The molecule has 2 N–H and O–H groups in total. The summed E-state index contributed by atoms with van der Waals surface area (Å²) in [6, 6.07) is 5.75. The number of pyridine rings is 1. The van der Waals surface area contributed by atoms with Crippen molar-refractivity contribution in [2.24, 2.45) is 0 Å². The van der Waals surface area contributed by atoms with E-state index in [4.69, 9.17) is 17.3 Å².